The van der Waals surface area contributed by atoms with Crippen molar-refractivity contribution in [3.63, 3.8) is 0 Å². The Bertz CT molecular complexity index is 455. The number of rotatable bonds is 7. The van der Waals surface area contributed by atoms with Crippen LogP contribution in [0.3, 0.4) is 0 Å². The molecule has 1 aliphatic heterocycles. The van der Waals surface area contributed by atoms with Crippen molar-refractivity contribution in [2.75, 3.05) is 20.3 Å². The summed E-state index contributed by atoms with van der Waals surface area (Å²) in [5.74, 6) is 1.08. The van der Waals surface area contributed by atoms with Crippen molar-refractivity contribution in [1.29, 1.82) is 0 Å². The van der Waals surface area contributed by atoms with Crippen LogP contribution in [0.5, 0.6) is 5.75 Å². The van der Waals surface area contributed by atoms with Crippen molar-refractivity contribution < 1.29 is 9.47 Å². The van der Waals surface area contributed by atoms with Crippen molar-refractivity contribution in [1.82, 2.24) is 5.32 Å². The van der Waals surface area contributed by atoms with Crippen molar-refractivity contribution in [3.8, 4) is 5.75 Å². The van der Waals surface area contributed by atoms with E-state index in [0.29, 0.717) is 0 Å². The fraction of sp³-hybridized carbons (Fsp3) is 0.667. The minimum Gasteiger partial charge on any atom is -0.493 e. The van der Waals surface area contributed by atoms with Crippen molar-refractivity contribution in [2.24, 2.45) is 0 Å². The lowest BCUT2D eigenvalue weighted by molar-refractivity contribution is -0.0723. The van der Waals surface area contributed by atoms with Gasteiger partial charge in [-0.1, -0.05) is 32.0 Å². The smallest absolute Gasteiger partial charge is 0.127 e. The third-order valence-electron chi connectivity index (χ3n) is 4.72. The molecule has 0 saturated carbocycles. The number of likely N-dealkylation sites (N-methyl/N-ethyl adjacent to an activating group) is 1. The first kappa shape index (κ1) is 16.3. The summed E-state index contributed by atoms with van der Waals surface area (Å²) in [5, 5.41) is 3.49. The van der Waals surface area contributed by atoms with Crippen LogP contribution in [0, 0.1) is 0 Å². The van der Waals surface area contributed by atoms with Gasteiger partial charge in [-0.3, -0.25) is 0 Å². The van der Waals surface area contributed by atoms with Gasteiger partial charge in [0.25, 0.3) is 0 Å². The Morgan fingerprint density at radius 2 is 2.05 bits per heavy atom. The topological polar surface area (TPSA) is 30.5 Å². The zero-order valence-electron chi connectivity index (χ0n) is 13.9. The molecule has 21 heavy (non-hydrogen) atoms. The molecule has 1 N–H and O–H groups in total. The van der Waals surface area contributed by atoms with Crippen LogP contribution >= 0.6 is 0 Å². The first-order chi connectivity index (χ1) is 10.2. The molecular formula is C18H29NO2. The molecule has 1 atom stereocenters. The molecule has 0 spiro atoms. The van der Waals surface area contributed by atoms with Crippen LogP contribution in [0.2, 0.25) is 0 Å². The van der Waals surface area contributed by atoms with Gasteiger partial charge in [0.1, 0.15) is 5.75 Å². The monoisotopic (exact) mass is 291 g/mol. The van der Waals surface area contributed by atoms with Gasteiger partial charge < -0.3 is 14.8 Å². The summed E-state index contributed by atoms with van der Waals surface area (Å²) in [7, 11) is 2.02. The summed E-state index contributed by atoms with van der Waals surface area (Å²) in [6, 6.07) is 6.67. The number of hydrogen-bond donors (Lipinski definition) is 1. The minimum atomic E-state index is -0.181. The van der Waals surface area contributed by atoms with Gasteiger partial charge >= 0.3 is 0 Å². The van der Waals surface area contributed by atoms with Gasteiger partial charge in [0.2, 0.25) is 0 Å². The van der Waals surface area contributed by atoms with E-state index in [1.807, 2.05) is 7.05 Å². The maximum absolute atomic E-state index is 6.21. The summed E-state index contributed by atoms with van der Waals surface area (Å²) in [5.41, 5.74) is 2.39. The second-order valence-electron chi connectivity index (χ2n) is 5.71. The van der Waals surface area contributed by atoms with Gasteiger partial charge in [-0.15, -0.1) is 0 Å². The number of hydrogen-bond acceptors (Lipinski definition) is 3. The molecule has 0 saturated heterocycles. The molecule has 3 nitrogen and oxygen atoms in total. The molecule has 0 fully saturated rings. The summed E-state index contributed by atoms with van der Waals surface area (Å²) in [4.78, 5) is 0. The Morgan fingerprint density at radius 3 is 2.67 bits per heavy atom. The predicted octanol–water partition coefficient (Wildman–Crippen LogP) is 3.87. The minimum absolute atomic E-state index is 0.153. The standard InChI is InChI=1S/C18H29NO2/c1-5-18(6-2,21-7-3)17(19-4)15-12-8-10-14-11-9-13-20-16(14)15/h8,10,12,17,19H,5-7,9,11,13H2,1-4H3. The second-order valence-corrected chi connectivity index (χ2v) is 5.71. The fourth-order valence-corrected chi connectivity index (χ4v) is 3.58. The summed E-state index contributed by atoms with van der Waals surface area (Å²) < 4.78 is 12.2. The third-order valence-corrected chi connectivity index (χ3v) is 4.72. The molecule has 1 aromatic carbocycles. The first-order valence-electron chi connectivity index (χ1n) is 8.28. The number of ether oxygens (including phenoxy) is 2. The Balaban J connectivity index is 2.45. The van der Waals surface area contributed by atoms with E-state index in [2.05, 4.69) is 44.3 Å². The molecule has 0 radical (unpaired) electrons. The highest BCUT2D eigenvalue weighted by Crippen LogP contribution is 2.41. The zero-order valence-corrected chi connectivity index (χ0v) is 13.9. The summed E-state index contributed by atoms with van der Waals surface area (Å²) >= 11 is 0. The van der Waals surface area contributed by atoms with Crippen LogP contribution < -0.4 is 10.1 Å². The highest BCUT2D eigenvalue weighted by Gasteiger charge is 2.38. The van der Waals surface area contributed by atoms with E-state index in [0.717, 1.165) is 44.6 Å². The van der Waals surface area contributed by atoms with Crippen LogP contribution in [0.4, 0.5) is 0 Å². The maximum atomic E-state index is 6.21. The Hall–Kier alpha value is -1.06. The van der Waals surface area contributed by atoms with Gasteiger partial charge in [-0.05, 0) is 45.2 Å². The summed E-state index contributed by atoms with van der Waals surface area (Å²) in [6.45, 7) is 8.04. The van der Waals surface area contributed by atoms with Crippen LogP contribution in [0.15, 0.2) is 18.2 Å². The summed E-state index contributed by atoms with van der Waals surface area (Å²) in [6.07, 6.45) is 4.18. The molecule has 1 unspecified atom stereocenters. The SMILES string of the molecule is CCOC(CC)(CC)C(NC)c1cccc2c1OCCC2. The van der Waals surface area contributed by atoms with Crippen LogP contribution in [-0.2, 0) is 11.2 Å². The van der Waals surface area contributed by atoms with Gasteiger partial charge in [0, 0.05) is 12.2 Å². The molecule has 2 rings (SSSR count). The van der Waals surface area contributed by atoms with Gasteiger partial charge in [-0.2, -0.15) is 0 Å². The van der Waals surface area contributed by atoms with E-state index in [9.17, 15) is 0 Å². The van der Waals surface area contributed by atoms with E-state index < -0.39 is 0 Å². The molecule has 0 aromatic heterocycles. The van der Waals surface area contributed by atoms with Crippen LogP contribution in [-0.4, -0.2) is 25.9 Å². The average molecular weight is 291 g/mol. The molecule has 0 bridgehead atoms. The van der Waals surface area contributed by atoms with E-state index in [1.165, 1.54) is 11.1 Å². The highest BCUT2D eigenvalue weighted by atomic mass is 16.5. The quantitative estimate of drug-likeness (QED) is 0.827. The van der Waals surface area contributed by atoms with Crippen molar-refractivity contribution >= 4 is 0 Å². The van der Waals surface area contributed by atoms with Crippen LogP contribution in [0.25, 0.3) is 0 Å². The lowest BCUT2D eigenvalue weighted by Gasteiger charge is -2.40. The lowest BCUT2D eigenvalue weighted by atomic mass is 9.82. The van der Waals surface area contributed by atoms with Gasteiger partial charge in [0.15, 0.2) is 0 Å². The lowest BCUT2D eigenvalue weighted by Crippen LogP contribution is -2.44. The Morgan fingerprint density at radius 1 is 1.29 bits per heavy atom. The Kier molecular flexibility index (Phi) is 5.65. The largest absolute Gasteiger partial charge is 0.493 e. The predicted molar refractivity (Wildman–Crippen MR) is 87.0 cm³/mol. The van der Waals surface area contributed by atoms with Crippen molar-refractivity contribution in [2.45, 2.75) is 58.1 Å². The maximum Gasteiger partial charge on any atom is 0.127 e. The first-order valence-corrected chi connectivity index (χ1v) is 8.28. The number of nitrogens with one attached hydrogen (secondary N) is 1. The molecule has 3 heteroatoms. The van der Waals surface area contributed by atoms with E-state index in [1.54, 1.807) is 0 Å². The Labute approximate surface area is 129 Å². The molecule has 0 amide bonds. The average Bonchev–Trinajstić information content (AvgIpc) is 2.54. The van der Waals surface area contributed by atoms with Crippen molar-refractivity contribution in [3.05, 3.63) is 29.3 Å². The molecular weight excluding hydrogens is 262 g/mol. The number of fused-ring (bicyclic) bond motifs is 1. The zero-order chi connectivity index (χ0) is 15.3. The van der Waals surface area contributed by atoms with E-state index >= 15 is 0 Å². The molecule has 1 aromatic rings. The second kappa shape index (κ2) is 7.28. The number of para-hydroxylation sites is 1. The molecule has 0 aliphatic carbocycles. The molecule has 1 aliphatic rings. The van der Waals surface area contributed by atoms with Gasteiger partial charge in [0.05, 0.1) is 18.2 Å². The van der Waals surface area contributed by atoms with Crippen LogP contribution in [0.1, 0.15) is 57.2 Å². The van der Waals surface area contributed by atoms with E-state index in [-0.39, 0.29) is 11.6 Å². The van der Waals surface area contributed by atoms with Gasteiger partial charge in [-0.25, -0.2) is 0 Å². The molecule has 118 valence electrons. The highest BCUT2D eigenvalue weighted by molar-refractivity contribution is 5.45. The third kappa shape index (κ3) is 3.09. The van der Waals surface area contributed by atoms with E-state index in [4.69, 9.17) is 9.47 Å². The number of aryl methyl sites for hydroxylation is 1. The fourth-order valence-electron chi connectivity index (χ4n) is 3.58. The molecule has 1 heterocycles. The number of benzene rings is 1. The normalized spacial score (nSPS) is 16.2.